The fraction of sp³-hybridized carbons (Fsp3) is 0.143. The molecular formula is C14H12BrFO. The Bertz CT molecular complexity index is 522. The minimum atomic E-state index is -0.793. The second-order valence-corrected chi connectivity index (χ2v) is 4.82. The zero-order valence-corrected chi connectivity index (χ0v) is 10.9. The fourth-order valence-electron chi connectivity index (χ4n) is 1.75. The van der Waals surface area contributed by atoms with Crippen LogP contribution in [-0.4, -0.2) is 5.11 Å². The molecule has 0 unspecified atom stereocenters. The Morgan fingerprint density at radius 3 is 2.41 bits per heavy atom. The van der Waals surface area contributed by atoms with Gasteiger partial charge in [-0.15, -0.1) is 0 Å². The first-order valence-corrected chi connectivity index (χ1v) is 6.07. The Labute approximate surface area is 108 Å². The quantitative estimate of drug-likeness (QED) is 0.888. The average Bonchev–Trinajstić information content (AvgIpc) is 2.33. The zero-order chi connectivity index (χ0) is 12.4. The smallest absolute Gasteiger partial charge is 0.126 e. The minimum absolute atomic E-state index is 0.293. The summed E-state index contributed by atoms with van der Waals surface area (Å²) in [7, 11) is 0. The van der Waals surface area contributed by atoms with Gasteiger partial charge in [0.25, 0.3) is 0 Å². The van der Waals surface area contributed by atoms with Gasteiger partial charge in [-0.25, -0.2) is 4.39 Å². The van der Waals surface area contributed by atoms with Gasteiger partial charge in [0.2, 0.25) is 0 Å². The third-order valence-corrected chi connectivity index (χ3v) is 3.32. The molecule has 0 aliphatic heterocycles. The fourth-order valence-corrected chi connectivity index (χ4v) is 2.01. The van der Waals surface area contributed by atoms with E-state index in [-0.39, 0.29) is 5.82 Å². The topological polar surface area (TPSA) is 20.2 Å². The maximum atomic E-state index is 13.4. The number of aliphatic hydroxyl groups is 1. The molecule has 0 spiro atoms. The molecule has 0 fully saturated rings. The van der Waals surface area contributed by atoms with Gasteiger partial charge >= 0.3 is 0 Å². The predicted octanol–water partition coefficient (Wildman–Crippen LogP) is 3.98. The number of hydrogen-bond donors (Lipinski definition) is 1. The monoisotopic (exact) mass is 294 g/mol. The Morgan fingerprint density at radius 2 is 1.76 bits per heavy atom. The van der Waals surface area contributed by atoms with Gasteiger partial charge in [0.15, 0.2) is 0 Å². The van der Waals surface area contributed by atoms with Gasteiger partial charge in [-0.3, -0.25) is 0 Å². The summed E-state index contributed by atoms with van der Waals surface area (Å²) < 4.78 is 14.3. The molecule has 0 heterocycles. The summed E-state index contributed by atoms with van der Waals surface area (Å²) in [4.78, 5) is 0. The van der Waals surface area contributed by atoms with Crippen LogP contribution in [-0.2, 0) is 0 Å². The molecule has 2 aromatic rings. The molecule has 0 saturated heterocycles. The van der Waals surface area contributed by atoms with E-state index in [9.17, 15) is 9.50 Å². The lowest BCUT2D eigenvalue weighted by Crippen LogP contribution is -2.03. The summed E-state index contributed by atoms with van der Waals surface area (Å²) >= 11 is 3.34. The second-order valence-electron chi connectivity index (χ2n) is 3.91. The first kappa shape index (κ1) is 12.3. The number of hydrogen-bond acceptors (Lipinski definition) is 1. The highest BCUT2D eigenvalue weighted by atomic mass is 79.9. The van der Waals surface area contributed by atoms with Crippen LogP contribution >= 0.6 is 15.9 Å². The number of benzene rings is 2. The zero-order valence-electron chi connectivity index (χ0n) is 9.32. The molecule has 2 aromatic carbocycles. The maximum Gasteiger partial charge on any atom is 0.126 e. The van der Waals surface area contributed by atoms with Gasteiger partial charge in [0.05, 0.1) is 0 Å². The molecule has 1 N–H and O–H groups in total. The Hall–Kier alpha value is -1.19. The summed E-state index contributed by atoms with van der Waals surface area (Å²) in [6.45, 7) is 1.67. The van der Waals surface area contributed by atoms with Crippen LogP contribution in [0.25, 0.3) is 0 Å². The van der Waals surface area contributed by atoms with Crippen LogP contribution < -0.4 is 0 Å². The lowest BCUT2D eigenvalue weighted by Gasteiger charge is -2.14. The summed E-state index contributed by atoms with van der Waals surface area (Å²) in [5.74, 6) is -0.293. The third kappa shape index (κ3) is 2.56. The van der Waals surface area contributed by atoms with Crippen molar-refractivity contribution in [2.45, 2.75) is 13.0 Å². The van der Waals surface area contributed by atoms with Crippen LogP contribution in [0.1, 0.15) is 22.8 Å². The molecule has 0 bridgehead atoms. The molecule has 88 valence electrons. The number of rotatable bonds is 2. The predicted molar refractivity (Wildman–Crippen MR) is 69.3 cm³/mol. The molecule has 0 aliphatic rings. The van der Waals surface area contributed by atoms with Gasteiger partial charge < -0.3 is 5.11 Å². The first-order chi connectivity index (χ1) is 8.09. The molecule has 1 nitrogen and oxygen atoms in total. The highest BCUT2D eigenvalue weighted by Gasteiger charge is 2.14. The van der Waals surface area contributed by atoms with Crippen molar-refractivity contribution in [2.75, 3.05) is 0 Å². The molecule has 17 heavy (non-hydrogen) atoms. The van der Waals surface area contributed by atoms with E-state index in [1.165, 1.54) is 6.07 Å². The Kier molecular flexibility index (Phi) is 3.60. The van der Waals surface area contributed by atoms with E-state index in [4.69, 9.17) is 0 Å². The van der Waals surface area contributed by atoms with E-state index in [0.717, 1.165) is 10.0 Å². The highest BCUT2D eigenvalue weighted by molar-refractivity contribution is 9.10. The number of aliphatic hydroxyl groups excluding tert-OH is 1. The molecule has 0 saturated carbocycles. The van der Waals surface area contributed by atoms with Gasteiger partial charge in [0, 0.05) is 4.47 Å². The van der Waals surface area contributed by atoms with E-state index >= 15 is 0 Å². The Morgan fingerprint density at radius 1 is 1.12 bits per heavy atom. The highest BCUT2D eigenvalue weighted by Crippen LogP contribution is 2.26. The van der Waals surface area contributed by atoms with Gasteiger partial charge in [-0.2, -0.15) is 0 Å². The van der Waals surface area contributed by atoms with Crippen molar-refractivity contribution in [3.63, 3.8) is 0 Å². The van der Waals surface area contributed by atoms with Crippen LogP contribution in [0.2, 0.25) is 0 Å². The molecule has 0 aromatic heterocycles. The summed E-state index contributed by atoms with van der Waals surface area (Å²) in [5, 5.41) is 10.2. The van der Waals surface area contributed by atoms with Gasteiger partial charge in [-0.05, 0) is 41.8 Å². The van der Waals surface area contributed by atoms with E-state index in [1.807, 2.05) is 24.3 Å². The van der Waals surface area contributed by atoms with Crippen LogP contribution in [0.15, 0.2) is 46.9 Å². The van der Waals surface area contributed by atoms with Crippen molar-refractivity contribution >= 4 is 15.9 Å². The first-order valence-electron chi connectivity index (χ1n) is 5.28. The average molecular weight is 295 g/mol. The molecule has 1 atom stereocenters. The van der Waals surface area contributed by atoms with Gasteiger partial charge in [-0.1, -0.05) is 40.2 Å². The largest absolute Gasteiger partial charge is 0.384 e. The lowest BCUT2D eigenvalue weighted by atomic mass is 9.97. The van der Waals surface area contributed by atoms with Crippen molar-refractivity contribution < 1.29 is 9.50 Å². The molecule has 0 amide bonds. The molecule has 2 rings (SSSR count). The second kappa shape index (κ2) is 4.98. The molecule has 3 heteroatoms. The normalized spacial score (nSPS) is 12.5. The van der Waals surface area contributed by atoms with E-state index in [1.54, 1.807) is 19.1 Å². The van der Waals surface area contributed by atoms with Crippen molar-refractivity contribution in [3.05, 3.63) is 69.4 Å². The lowest BCUT2D eigenvalue weighted by molar-refractivity contribution is 0.219. The van der Waals surface area contributed by atoms with Crippen LogP contribution in [0.3, 0.4) is 0 Å². The molecule has 0 radical (unpaired) electrons. The van der Waals surface area contributed by atoms with Gasteiger partial charge in [0.1, 0.15) is 11.9 Å². The third-order valence-electron chi connectivity index (χ3n) is 2.79. The van der Waals surface area contributed by atoms with E-state index in [2.05, 4.69) is 15.9 Å². The standard InChI is InChI=1S/C14H12BrFO/c1-9-12(3-2-4-13(9)16)14(17)10-5-7-11(15)8-6-10/h2-8,14,17H,1H3/t14-/m0/s1. The van der Waals surface area contributed by atoms with E-state index < -0.39 is 6.10 Å². The SMILES string of the molecule is Cc1c(F)cccc1[C@@H](O)c1ccc(Br)cc1. The van der Waals surface area contributed by atoms with E-state index in [0.29, 0.717) is 11.1 Å². The van der Waals surface area contributed by atoms with Crippen molar-refractivity contribution in [1.82, 2.24) is 0 Å². The van der Waals surface area contributed by atoms with Crippen LogP contribution in [0, 0.1) is 12.7 Å². The molecular weight excluding hydrogens is 283 g/mol. The number of halogens is 2. The minimum Gasteiger partial charge on any atom is -0.384 e. The maximum absolute atomic E-state index is 13.4. The summed E-state index contributed by atoms with van der Waals surface area (Å²) in [5.41, 5.74) is 1.84. The summed E-state index contributed by atoms with van der Waals surface area (Å²) in [6.07, 6.45) is -0.793. The molecule has 0 aliphatic carbocycles. The van der Waals surface area contributed by atoms with Crippen molar-refractivity contribution in [2.24, 2.45) is 0 Å². The van der Waals surface area contributed by atoms with Crippen molar-refractivity contribution in [1.29, 1.82) is 0 Å². The van der Waals surface area contributed by atoms with Crippen molar-refractivity contribution in [3.8, 4) is 0 Å². The van der Waals surface area contributed by atoms with Crippen LogP contribution in [0.5, 0.6) is 0 Å². The Balaban J connectivity index is 2.40. The summed E-state index contributed by atoms with van der Waals surface area (Å²) in [6, 6.07) is 12.1. The van der Waals surface area contributed by atoms with Crippen LogP contribution in [0.4, 0.5) is 4.39 Å².